The lowest BCUT2D eigenvalue weighted by atomic mass is 10.0. The number of nitrogens with one attached hydrogen (secondary N) is 2. The number of amides is 2. The molecule has 6 nitrogen and oxygen atoms in total. The molecule has 23 heavy (non-hydrogen) atoms. The van der Waals surface area contributed by atoms with E-state index in [0.717, 1.165) is 5.56 Å². The van der Waals surface area contributed by atoms with Crippen molar-refractivity contribution in [2.24, 2.45) is 5.92 Å². The molecule has 0 aromatic heterocycles. The number of benzene rings is 1. The zero-order chi connectivity index (χ0) is 17.2. The van der Waals surface area contributed by atoms with Gasteiger partial charge in [-0.25, -0.2) is 4.79 Å². The quantitative estimate of drug-likeness (QED) is 0.770. The van der Waals surface area contributed by atoms with Crippen molar-refractivity contribution < 1.29 is 19.1 Å². The molecule has 0 spiro atoms. The topological polar surface area (TPSA) is 76.7 Å². The number of ether oxygens (including phenoxy) is 2. The summed E-state index contributed by atoms with van der Waals surface area (Å²) in [5.41, 5.74) is 0.981. The number of carbonyl (C=O) groups is 2. The molecule has 0 aliphatic carbocycles. The van der Waals surface area contributed by atoms with Crippen molar-refractivity contribution in [2.45, 2.75) is 32.9 Å². The third kappa shape index (κ3) is 6.28. The molecule has 0 saturated carbocycles. The van der Waals surface area contributed by atoms with Crippen LogP contribution < -0.4 is 10.6 Å². The lowest BCUT2D eigenvalue weighted by Crippen LogP contribution is -2.50. The van der Waals surface area contributed by atoms with Crippen LogP contribution in [0.15, 0.2) is 30.3 Å². The highest BCUT2D eigenvalue weighted by molar-refractivity contribution is 5.85. The summed E-state index contributed by atoms with van der Waals surface area (Å²) in [6.45, 7) is 6.03. The Labute approximate surface area is 137 Å². The van der Waals surface area contributed by atoms with Gasteiger partial charge in [-0.1, -0.05) is 44.2 Å². The Balaban J connectivity index is 2.62. The fourth-order valence-corrected chi connectivity index (χ4v) is 2.14. The molecule has 0 heterocycles. The minimum Gasteiger partial charge on any atom is -0.450 e. The Morgan fingerprint density at radius 2 is 1.83 bits per heavy atom. The summed E-state index contributed by atoms with van der Waals surface area (Å²) in [6, 6.07) is 8.99. The minimum atomic E-state index is -0.651. The number of alkyl carbamates (subject to hydrolysis) is 1. The Bertz CT molecular complexity index is 491. The average Bonchev–Trinajstić information content (AvgIpc) is 2.54. The van der Waals surface area contributed by atoms with Crippen LogP contribution in [0.25, 0.3) is 0 Å². The molecule has 0 bridgehead atoms. The highest BCUT2D eigenvalue weighted by Crippen LogP contribution is 2.15. The molecule has 1 aromatic carbocycles. The van der Waals surface area contributed by atoms with Gasteiger partial charge in [0.15, 0.2) is 0 Å². The summed E-state index contributed by atoms with van der Waals surface area (Å²) < 4.78 is 10.3. The van der Waals surface area contributed by atoms with Gasteiger partial charge in [0.1, 0.15) is 6.04 Å². The molecular formula is C17H26N2O4. The monoisotopic (exact) mass is 322 g/mol. The maximum Gasteiger partial charge on any atom is 0.407 e. The van der Waals surface area contributed by atoms with Gasteiger partial charge < -0.3 is 20.1 Å². The second-order valence-electron chi connectivity index (χ2n) is 5.47. The largest absolute Gasteiger partial charge is 0.450 e. The Morgan fingerprint density at radius 3 is 2.35 bits per heavy atom. The molecule has 2 N–H and O–H groups in total. The van der Waals surface area contributed by atoms with Crippen LogP contribution in [-0.4, -0.2) is 38.3 Å². The summed E-state index contributed by atoms with van der Waals surface area (Å²) in [6.07, 6.45) is -0.830. The van der Waals surface area contributed by atoms with E-state index in [4.69, 9.17) is 9.47 Å². The standard InChI is InChI=1S/C17H26N2O4/c1-5-23-17(21)19-15(12(2)3)16(20)18-11-14(22-4)13-9-7-6-8-10-13/h6-10,12,14-15H,5,11H2,1-4H3,(H,18,20)(H,19,21). The lowest BCUT2D eigenvalue weighted by Gasteiger charge is -2.23. The predicted molar refractivity (Wildman–Crippen MR) is 88.0 cm³/mol. The van der Waals surface area contributed by atoms with Crippen molar-refractivity contribution in [3.8, 4) is 0 Å². The first kappa shape index (κ1) is 19.0. The van der Waals surface area contributed by atoms with E-state index in [0.29, 0.717) is 6.54 Å². The van der Waals surface area contributed by atoms with Crippen LogP contribution in [0, 0.1) is 5.92 Å². The summed E-state index contributed by atoms with van der Waals surface area (Å²) in [7, 11) is 1.60. The lowest BCUT2D eigenvalue weighted by molar-refractivity contribution is -0.124. The smallest absolute Gasteiger partial charge is 0.407 e. The molecule has 0 saturated heterocycles. The van der Waals surface area contributed by atoms with Gasteiger partial charge in [-0.15, -0.1) is 0 Å². The number of carbonyl (C=O) groups excluding carboxylic acids is 2. The summed E-state index contributed by atoms with van der Waals surface area (Å²) in [4.78, 5) is 23.9. The minimum absolute atomic E-state index is 0.0582. The van der Waals surface area contributed by atoms with Gasteiger partial charge >= 0.3 is 6.09 Å². The number of methoxy groups -OCH3 is 1. The molecule has 128 valence electrons. The van der Waals surface area contributed by atoms with Crippen LogP contribution in [-0.2, 0) is 14.3 Å². The molecule has 2 amide bonds. The van der Waals surface area contributed by atoms with E-state index in [9.17, 15) is 9.59 Å². The third-order valence-corrected chi connectivity index (χ3v) is 3.42. The average molecular weight is 322 g/mol. The van der Waals surface area contributed by atoms with Gasteiger partial charge in [0.25, 0.3) is 0 Å². The first-order valence-electron chi connectivity index (χ1n) is 7.78. The van der Waals surface area contributed by atoms with Gasteiger partial charge in [-0.2, -0.15) is 0 Å². The summed E-state index contributed by atoms with van der Waals surface area (Å²) in [5.74, 6) is -0.317. The third-order valence-electron chi connectivity index (χ3n) is 3.42. The van der Waals surface area contributed by atoms with E-state index in [2.05, 4.69) is 10.6 Å². The maximum atomic E-state index is 12.3. The highest BCUT2D eigenvalue weighted by atomic mass is 16.5. The van der Waals surface area contributed by atoms with Crippen molar-refractivity contribution >= 4 is 12.0 Å². The first-order valence-corrected chi connectivity index (χ1v) is 7.78. The number of hydrogen-bond acceptors (Lipinski definition) is 4. The molecule has 0 radical (unpaired) electrons. The molecule has 6 heteroatoms. The van der Waals surface area contributed by atoms with Gasteiger partial charge in [0, 0.05) is 13.7 Å². The molecule has 0 fully saturated rings. The molecule has 0 aliphatic heterocycles. The first-order chi connectivity index (χ1) is 11.0. The van der Waals surface area contributed by atoms with E-state index < -0.39 is 12.1 Å². The molecule has 1 aromatic rings. The van der Waals surface area contributed by atoms with E-state index in [-0.39, 0.29) is 24.5 Å². The number of rotatable bonds is 8. The van der Waals surface area contributed by atoms with E-state index in [1.165, 1.54) is 0 Å². The van der Waals surface area contributed by atoms with Crippen molar-refractivity contribution in [2.75, 3.05) is 20.3 Å². The van der Waals surface area contributed by atoms with Crippen molar-refractivity contribution in [1.82, 2.24) is 10.6 Å². The van der Waals surface area contributed by atoms with Crippen molar-refractivity contribution in [3.05, 3.63) is 35.9 Å². The summed E-state index contributed by atoms with van der Waals surface area (Å²) >= 11 is 0. The fraction of sp³-hybridized carbons (Fsp3) is 0.529. The second-order valence-corrected chi connectivity index (χ2v) is 5.47. The zero-order valence-electron chi connectivity index (χ0n) is 14.2. The normalized spacial score (nSPS) is 13.3. The second kappa shape index (κ2) is 9.84. The van der Waals surface area contributed by atoms with Crippen molar-refractivity contribution in [3.63, 3.8) is 0 Å². The SMILES string of the molecule is CCOC(=O)NC(C(=O)NCC(OC)c1ccccc1)C(C)C. The maximum absolute atomic E-state index is 12.3. The van der Waals surface area contributed by atoms with Crippen LogP contribution in [0.3, 0.4) is 0 Å². The molecule has 2 unspecified atom stereocenters. The van der Waals surface area contributed by atoms with Crippen LogP contribution in [0.1, 0.15) is 32.4 Å². The van der Waals surface area contributed by atoms with Gasteiger partial charge in [-0.3, -0.25) is 4.79 Å². The Kier molecular flexibility index (Phi) is 8.11. The van der Waals surface area contributed by atoms with Crippen LogP contribution in [0.4, 0.5) is 4.79 Å². The molecule has 2 atom stereocenters. The van der Waals surface area contributed by atoms with E-state index in [1.807, 2.05) is 44.2 Å². The van der Waals surface area contributed by atoms with Gasteiger partial charge in [-0.05, 0) is 18.4 Å². The fourth-order valence-electron chi connectivity index (χ4n) is 2.14. The molecule has 0 aliphatic rings. The molecular weight excluding hydrogens is 296 g/mol. The molecule has 1 rings (SSSR count). The zero-order valence-corrected chi connectivity index (χ0v) is 14.2. The van der Waals surface area contributed by atoms with Gasteiger partial charge in [0.2, 0.25) is 5.91 Å². The summed E-state index contributed by atoms with van der Waals surface area (Å²) in [5, 5.41) is 5.41. The Hall–Kier alpha value is -2.08. The van der Waals surface area contributed by atoms with Crippen LogP contribution >= 0.6 is 0 Å². The van der Waals surface area contributed by atoms with Crippen LogP contribution in [0.2, 0.25) is 0 Å². The van der Waals surface area contributed by atoms with E-state index in [1.54, 1.807) is 14.0 Å². The highest BCUT2D eigenvalue weighted by Gasteiger charge is 2.25. The van der Waals surface area contributed by atoms with E-state index >= 15 is 0 Å². The number of hydrogen-bond donors (Lipinski definition) is 2. The van der Waals surface area contributed by atoms with Crippen molar-refractivity contribution in [1.29, 1.82) is 0 Å². The predicted octanol–water partition coefficient (Wildman–Crippen LogP) is 2.26. The van der Waals surface area contributed by atoms with Crippen LogP contribution in [0.5, 0.6) is 0 Å². The van der Waals surface area contributed by atoms with Gasteiger partial charge in [0.05, 0.1) is 12.7 Å². The Morgan fingerprint density at radius 1 is 1.17 bits per heavy atom.